The first-order valence-electron chi connectivity index (χ1n) is 4.65. The molecule has 0 aromatic rings. The highest BCUT2D eigenvalue weighted by atomic mass is 32.2. The van der Waals surface area contributed by atoms with Gasteiger partial charge in [-0.15, -0.1) is 6.58 Å². The van der Waals surface area contributed by atoms with E-state index in [4.69, 9.17) is 15.6 Å². The summed E-state index contributed by atoms with van der Waals surface area (Å²) in [7, 11) is 0. The van der Waals surface area contributed by atoms with Crippen molar-refractivity contribution in [1.82, 2.24) is 5.32 Å². The molecule has 0 saturated carbocycles. The van der Waals surface area contributed by atoms with Crippen molar-refractivity contribution in [3.8, 4) is 0 Å². The summed E-state index contributed by atoms with van der Waals surface area (Å²) in [5.41, 5.74) is 5.27. The van der Waals surface area contributed by atoms with Crippen LogP contribution in [0, 0.1) is 0 Å². The molecule has 92 valence electrons. The number of carbonyl (C=O) groups excluding carboxylic acids is 1. The lowest BCUT2D eigenvalue weighted by atomic mass is 10.4. The molecule has 0 radical (unpaired) electrons. The molecule has 0 aliphatic rings. The molecule has 6 nitrogen and oxygen atoms in total. The van der Waals surface area contributed by atoms with Crippen molar-refractivity contribution in [1.29, 1.82) is 0 Å². The Labute approximate surface area is 98.2 Å². The monoisotopic (exact) mass is 248 g/mol. The molecule has 0 aliphatic carbocycles. The molecule has 1 atom stereocenters. The van der Waals surface area contributed by atoms with Crippen molar-refractivity contribution in [2.24, 2.45) is 5.73 Å². The summed E-state index contributed by atoms with van der Waals surface area (Å²) in [5.74, 6) is -0.215. The number of hydrogen-bond acceptors (Lipinski definition) is 5. The van der Waals surface area contributed by atoms with E-state index in [1.54, 1.807) is 6.08 Å². The van der Waals surface area contributed by atoms with Gasteiger partial charge in [0.15, 0.2) is 0 Å². The van der Waals surface area contributed by atoms with E-state index in [-0.39, 0.29) is 6.61 Å². The predicted molar refractivity (Wildman–Crippen MR) is 62.5 cm³/mol. The Morgan fingerprint density at radius 2 is 2.31 bits per heavy atom. The first kappa shape index (κ1) is 14.8. The largest absolute Gasteiger partial charge is 0.480 e. The van der Waals surface area contributed by atoms with Crippen LogP contribution in [-0.4, -0.2) is 47.9 Å². The molecule has 0 fully saturated rings. The molecular weight excluding hydrogens is 232 g/mol. The van der Waals surface area contributed by atoms with Crippen molar-refractivity contribution < 1.29 is 19.4 Å². The van der Waals surface area contributed by atoms with E-state index in [1.165, 1.54) is 11.8 Å². The maximum atomic E-state index is 10.9. The molecule has 0 rings (SSSR count). The minimum absolute atomic E-state index is 0.222. The maximum absolute atomic E-state index is 10.9. The van der Waals surface area contributed by atoms with E-state index in [9.17, 15) is 9.59 Å². The first-order chi connectivity index (χ1) is 7.57. The third-order valence-corrected chi connectivity index (χ3v) is 2.52. The Morgan fingerprint density at radius 3 is 2.88 bits per heavy atom. The molecule has 0 bridgehead atoms. The molecule has 0 spiro atoms. The molecular formula is C9H16N2O4S. The average Bonchev–Trinajstić information content (AvgIpc) is 2.25. The van der Waals surface area contributed by atoms with Gasteiger partial charge in [-0.2, -0.15) is 11.8 Å². The Hall–Kier alpha value is -1.21. The van der Waals surface area contributed by atoms with Crippen molar-refractivity contribution >= 4 is 23.8 Å². The van der Waals surface area contributed by atoms with Gasteiger partial charge in [0, 0.05) is 18.1 Å². The zero-order valence-electron chi connectivity index (χ0n) is 8.85. The summed E-state index contributed by atoms with van der Waals surface area (Å²) in [5, 5.41) is 10.9. The van der Waals surface area contributed by atoms with E-state index in [1.807, 2.05) is 0 Å². The topological polar surface area (TPSA) is 102 Å². The first-order valence-corrected chi connectivity index (χ1v) is 5.81. The van der Waals surface area contributed by atoms with E-state index >= 15 is 0 Å². The second-order valence-electron chi connectivity index (χ2n) is 2.83. The smallest absolute Gasteiger partial charge is 0.407 e. The Kier molecular flexibility index (Phi) is 8.36. The minimum atomic E-state index is -1.03. The molecule has 0 aliphatic heterocycles. The van der Waals surface area contributed by atoms with Gasteiger partial charge in [0.2, 0.25) is 0 Å². The molecule has 0 aromatic carbocycles. The van der Waals surface area contributed by atoms with Crippen LogP contribution >= 0.6 is 11.8 Å². The van der Waals surface area contributed by atoms with Crippen LogP contribution in [0.3, 0.4) is 0 Å². The number of ether oxygens (including phenoxy) is 1. The normalized spacial score (nSPS) is 11.6. The van der Waals surface area contributed by atoms with Crippen molar-refractivity contribution in [2.45, 2.75) is 6.04 Å². The molecule has 7 heteroatoms. The second-order valence-corrected chi connectivity index (χ2v) is 3.97. The summed E-state index contributed by atoms with van der Waals surface area (Å²) in [4.78, 5) is 21.2. The zero-order valence-corrected chi connectivity index (χ0v) is 9.66. The highest BCUT2D eigenvalue weighted by molar-refractivity contribution is 7.99. The Morgan fingerprint density at radius 1 is 1.62 bits per heavy atom. The number of carboxylic acid groups (broad SMARTS) is 1. The number of nitrogens with two attached hydrogens (primary N) is 1. The lowest BCUT2D eigenvalue weighted by Crippen LogP contribution is -2.32. The number of alkyl carbamates (subject to hydrolysis) is 1. The van der Waals surface area contributed by atoms with Crippen LogP contribution in [0.25, 0.3) is 0 Å². The molecule has 4 N–H and O–H groups in total. The number of carboxylic acids is 1. The third-order valence-electron chi connectivity index (χ3n) is 1.47. The fraction of sp³-hybridized carbons (Fsp3) is 0.556. The highest BCUT2D eigenvalue weighted by Crippen LogP contribution is 2.01. The van der Waals surface area contributed by atoms with Crippen molar-refractivity contribution in [3.05, 3.63) is 12.7 Å². The number of amides is 1. The maximum Gasteiger partial charge on any atom is 0.407 e. The highest BCUT2D eigenvalue weighted by Gasteiger charge is 2.10. The van der Waals surface area contributed by atoms with Gasteiger partial charge in [-0.25, -0.2) is 4.79 Å². The summed E-state index contributed by atoms with van der Waals surface area (Å²) in [6, 6.07) is -0.875. The number of nitrogens with one attached hydrogen (secondary N) is 1. The molecule has 1 amide bonds. The number of thioether (sulfide) groups is 1. The van der Waals surface area contributed by atoms with Crippen LogP contribution in [0.15, 0.2) is 12.7 Å². The SMILES string of the molecule is C=CCNC(=O)OCCSC[C@H](N)C(=O)O. The van der Waals surface area contributed by atoms with Crippen LogP contribution < -0.4 is 11.1 Å². The number of aliphatic carboxylic acids is 1. The number of hydrogen-bond donors (Lipinski definition) is 3. The van der Waals surface area contributed by atoms with Crippen LogP contribution in [0.1, 0.15) is 0 Å². The third kappa shape index (κ3) is 8.13. The lowest BCUT2D eigenvalue weighted by molar-refractivity contribution is -0.137. The predicted octanol–water partition coefficient (Wildman–Crippen LogP) is 0.0437. The van der Waals surface area contributed by atoms with Crippen LogP contribution in [0.4, 0.5) is 4.79 Å². The standard InChI is InChI=1S/C9H16N2O4S/c1-2-3-11-9(14)15-4-5-16-6-7(10)8(12)13/h2,7H,1,3-6,10H2,(H,11,14)(H,12,13)/t7-/m0/s1. The molecule has 16 heavy (non-hydrogen) atoms. The van der Waals surface area contributed by atoms with Crippen molar-refractivity contribution in [3.63, 3.8) is 0 Å². The van der Waals surface area contributed by atoms with Gasteiger partial charge in [-0.05, 0) is 0 Å². The summed E-state index contributed by atoms with van der Waals surface area (Å²) in [6.07, 6.45) is 1.03. The summed E-state index contributed by atoms with van der Waals surface area (Å²) >= 11 is 1.32. The van der Waals surface area contributed by atoms with Gasteiger partial charge in [0.05, 0.1) is 0 Å². The van der Waals surface area contributed by atoms with Gasteiger partial charge in [-0.1, -0.05) is 6.08 Å². The number of rotatable bonds is 8. The molecule has 0 saturated heterocycles. The van der Waals surface area contributed by atoms with E-state index in [2.05, 4.69) is 11.9 Å². The molecule has 0 heterocycles. The lowest BCUT2D eigenvalue weighted by Gasteiger charge is -2.07. The van der Waals surface area contributed by atoms with E-state index < -0.39 is 18.1 Å². The summed E-state index contributed by atoms with van der Waals surface area (Å²) in [6.45, 7) is 4.01. The second kappa shape index (κ2) is 9.05. The van der Waals surface area contributed by atoms with E-state index in [0.717, 1.165) is 0 Å². The van der Waals surface area contributed by atoms with Crippen LogP contribution in [-0.2, 0) is 9.53 Å². The van der Waals surface area contributed by atoms with Gasteiger partial charge < -0.3 is 20.9 Å². The molecule has 0 unspecified atom stereocenters. The van der Waals surface area contributed by atoms with E-state index in [0.29, 0.717) is 18.1 Å². The summed E-state index contributed by atoms with van der Waals surface area (Å²) < 4.78 is 4.78. The Balaban J connectivity index is 3.36. The minimum Gasteiger partial charge on any atom is -0.480 e. The van der Waals surface area contributed by atoms with Gasteiger partial charge in [0.25, 0.3) is 0 Å². The van der Waals surface area contributed by atoms with Gasteiger partial charge in [0.1, 0.15) is 12.6 Å². The quantitative estimate of drug-likeness (QED) is 0.414. The Bertz CT molecular complexity index is 248. The average molecular weight is 248 g/mol. The fourth-order valence-electron chi connectivity index (χ4n) is 0.681. The van der Waals surface area contributed by atoms with Gasteiger partial charge >= 0.3 is 12.1 Å². The van der Waals surface area contributed by atoms with Crippen LogP contribution in [0.2, 0.25) is 0 Å². The zero-order chi connectivity index (χ0) is 12.4. The fourth-order valence-corrected chi connectivity index (χ4v) is 1.45. The van der Waals surface area contributed by atoms with Gasteiger partial charge in [-0.3, -0.25) is 4.79 Å². The van der Waals surface area contributed by atoms with Crippen molar-refractivity contribution in [2.75, 3.05) is 24.7 Å². The van der Waals surface area contributed by atoms with Crippen LogP contribution in [0.5, 0.6) is 0 Å². The number of carbonyl (C=O) groups is 2. The molecule has 0 aromatic heterocycles.